The van der Waals surface area contributed by atoms with E-state index in [1.807, 2.05) is 20.3 Å². The van der Waals surface area contributed by atoms with Crippen LogP contribution in [0.4, 0.5) is 0 Å². The number of benzene rings is 1. The number of aryl methyl sites for hydroxylation is 2. The first-order chi connectivity index (χ1) is 10.0. The third kappa shape index (κ3) is 4.93. The smallest absolute Gasteiger partial charge is 0.232 e. The van der Waals surface area contributed by atoms with Crippen molar-refractivity contribution in [1.82, 2.24) is 14.7 Å². The van der Waals surface area contributed by atoms with Crippen LogP contribution in [0.2, 0.25) is 0 Å². The molecule has 0 aliphatic heterocycles. The van der Waals surface area contributed by atoms with Gasteiger partial charge in [-0.15, -0.1) is 11.8 Å². The summed E-state index contributed by atoms with van der Waals surface area (Å²) in [6.45, 7) is 2.69. The lowest BCUT2D eigenvalue weighted by Gasteiger charge is -2.15. The van der Waals surface area contributed by atoms with Crippen LogP contribution in [0.15, 0.2) is 36.7 Å². The van der Waals surface area contributed by atoms with Crippen LogP contribution in [0.1, 0.15) is 16.7 Å². The minimum absolute atomic E-state index is 0.149. The van der Waals surface area contributed by atoms with Gasteiger partial charge in [-0.25, -0.2) is 0 Å². The van der Waals surface area contributed by atoms with Crippen LogP contribution >= 0.6 is 11.8 Å². The van der Waals surface area contributed by atoms with Gasteiger partial charge in [-0.2, -0.15) is 5.10 Å². The van der Waals surface area contributed by atoms with Crippen molar-refractivity contribution in [3.63, 3.8) is 0 Å². The molecule has 21 heavy (non-hydrogen) atoms. The molecule has 2 rings (SSSR count). The summed E-state index contributed by atoms with van der Waals surface area (Å²) in [7, 11) is 3.71. The fraction of sp³-hybridized carbons (Fsp3) is 0.375. The molecule has 0 atom stereocenters. The second-order valence-electron chi connectivity index (χ2n) is 5.25. The van der Waals surface area contributed by atoms with Gasteiger partial charge in [0, 0.05) is 38.2 Å². The van der Waals surface area contributed by atoms with Gasteiger partial charge in [0.05, 0.1) is 11.9 Å². The highest BCUT2D eigenvalue weighted by atomic mass is 32.2. The molecule has 1 aromatic carbocycles. The van der Waals surface area contributed by atoms with Crippen molar-refractivity contribution >= 4 is 17.7 Å². The first kappa shape index (κ1) is 15.6. The molecule has 0 N–H and O–H groups in total. The molecule has 0 radical (unpaired) electrons. The first-order valence-corrected chi connectivity index (χ1v) is 8.05. The molecule has 4 nitrogen and oxygen atoms in total. The molecule has 0 unspecified atom stereocenters. The molecule has 0 aliphatic carbocycles. The Morgan fingerprint density at radius 3 is 2.62 bits per heavy atom. The van der Waals surface area contributed by atoms with Crippen molar-refractivity contribution in [3.8, 4) is 0 Å². The molecular formula is C16H21N3OS. The third-order valence-corrected chi connectivity index (χ3v) is 4.21. The molecule has 1 aromatic heterocycles. The van der Waals surface area contributed by atoms with Gasteiger partial charge < -0.3 is 4.90 Å². The van der Waals surface area contributed by atoms with Crippen LogP contribution < -0.4 is 0 Å². The van der Waals surface area contributed by atoms with Crippen molar-refractivity contribution in [2.45, 2.75) is 19.2 Å². The standard InChI is InChI=1S/C16H21N3OS/c1-13-4-6-14(7-5-13)11-21-12-16(20)18(2)9-15-8-17-19(3)10-15/h4-8,10H,9,11-12H2,1-3H3. The van der Waals surface area contributed by atoms with Gasteiger partial charge in [0.15, 0.2) is 0 Å². The minimum atomic E-state index is 0.149. The SMILES string of the molecule is Cc1ccc(CSCC(=O)N(C)Cc2cnn(C)c2)cc1. The topological polar surface area (TPSA) is 38.1 Å². The number of thioether (sulfide) groups is 1. The van der Waals surface area contributed by atoms with Gasteiger partial charge in [-0.1, -0.05) is 29.8 Å². The minimum Gasteiger partial charge on any atom is -0.341 e. The Balaban J connectivity index is 1.74. The van der Waals surface area contributed by atoms with E-state index in [0.717, 1.165) is 11.3 Å². The molecule has 0 saturated heterocycles. The van der Waals surface area contributed by atoms with Crippen LogP contribution in [0.25, 0.3) is 0 Å². The van der Waals surface area contributed by atoms with E-state index in [9.17, 15) is 4.79 Å². The quantitative estimate of drug-likeness (QED) is 0.823. The molecule has 0 spiro atoms. The van der Waals surface area contributed by atoms with E-state index < -0.39 is 0 Å². The van der Waals surface area contributed by atoms with E-state index in [1.165, 1.54) is 11.1 Å². The van der Waals surface area contributed by atoms with E-state index in [2.05, 4.69) is 36.3 Å². The molecule has 0 fully saturated rings. The first-order valence-electron chi connectivity index (χ1n) is 6.89. The zero-order chi connectivity index (χ0) is 15.2. The summed E-state index contributed by atoms with van der Waals surface area (Å²) in [4.78, 5) is 13.8. The normalized spacial score (nSPS) is 10.6. The molecule has 1 amide bonds. The Kier molecular flexibility index (Phi) is 5.44. The largest absolute Gasteiger partial charge is 0.341 e. The lowest BCUT2D eigenvalue weighted by atomic mass is 10.2. The summed E-state index contributed by atoms with van der Waals surface area (Å²) >= 11 is 1.65. The van der Waals surface area contributed by atoms with Gasteiger partial charge in [0.2, 0.25) is 5.91 Å². The summed E-state index contributed by atoms with van der Waals surface area (Å²) in [5, 5.41) is 4.11. The maximum absolute atomic E-state index is 12.1. The van der Waals surface area contributed by atoms with Gasteiger partial charge in [-0.3, -0.25) is 9.48 Å². The van der Waals surface area contributed by atoms with Gasteiger partial charge in [0.25, 0.3) is 0 Å². The summed E-state index contributed by atoms with van der Waals surface area (Å²) in [6.07, 6.45) is 3.73. The monoisotopic (exact) mass is 303 g/mol. The van der Waals surface area contributed by atoms with Crippen LogP contribution in [0, 0.1) is 6.92 Å². The van der Waals surface area contributed by atoms with E-state index in [-0.39, 0.29) is 5.91 Å². The lowest BCUT2D eigenvalue weighted by Crippen LogP contribution is -2.27. The van der Waals surface area contributed by atoms with Crippen LogP contribution in [-0.4, -0.2) is 33.4 Å². The number of aromatic nitrogens is 2. The highest BCUT2D eigenvalue weighted by molar-refractivity contribution is 7.99. The average Bonchev–Trinajstić information content (AvgIpc) is 2.86. The Morgan fingerprint density at radius 1 is 1.29 bits per heavy atom. The zero-order valence-electron chi connectivity index (χ0n) is 12.7. The predicted molar refractivity (Wildman–Crippen MR) is 87.0 cm³/mol. The van der Waals surface area contributed by atoms with Gasteiger partial charge >= 0.3 is 0 Å². The zero-order valence-corrected chi connectivity index (χ0v) is 13.6. The van der Waals surface area contributed by atoms with Crippen LogP contribution in [-0.2, 0) is 24.1 Å². The summed E-state index contributed by atoms with van der Waals surface area (Å²) in [5.74, 6) is 1.52. The van der Waals surface area contributed by atoms with E-state index in [0.29, 0.717) is 12.3 Å². The highest BCUT2D eigenvalue weighted by Crippen LogP contribution is 2.14. The Hall–Kier alpha value is -1.75. The van der Waals surface area contributed by atoms with Crippen molar-refractivity contribution in [2.75, 3.05) is 12.8 Å². The Morgan fingerprint density at radius 2 is 2.00 bits per heavy atom. The fourth-order valence-corrected chi connectivity index (χ4v) is 2.89. The fourth-order valence-electron chi connectivity index (χ4n) is 1.97. The number of amides is 1. The molecule has 5 heteroatoms. The predicted octanol–water partition coefficient (Wildman–Crippen LogP) is 2.62. The van der Waals surface area contributed by atoms with Crippen LogP contribution in [0.3, 0.4) is 0 Å². The number of carbonyl (C=O) groups is 1. The second kappa shape index (κ2) is 7.31. The number of carbonyl (C=O) groups excluding carboxylic acids is 1. The second-order valence-corrected chi connectivity index (χ2v) is 6.24. The summed E-state index contributed by atoms with van der Waals surface area (Å²) in [5.41, 5.74) is 3.57. The van der Waals surface area contributed by atoms with E-state index in [1.54, 1.807) is 27.5 Å². The van der Waals surface area contributed by atoms with Crippen molar-refractivity contribution < 1.29 is 4.79 Å². The summed E-state index contributed by atoms with van der Waals surface area (Å²) in [6, 6.07) is 8.44. The molecule has 0 aliphatic rings. The van der Waals surface area contributed by atoms with E-state index >= 15 is 0 Å². The maximum Gasteiger partial charge on any atom is 0.232 e. The van der Waals surface area contributed by atoms with Crippen LogP contribution in [0.5, 0.6) is 0 Å². The van der Waals surface area contributed by atoms with Crippen molar-refractivity contribution in [1.29, 1.82) is 0 Å². The molecule has 0 bridgehead atoms. The number of rotatable bonds is 6. The molecule has 112 valence electrons. The third-order valence-electron chi connectivity index (χ3n) is 3.22. The van der Waals surface area contributed by atoms with E-state index in [4.69, 9.17) is 0 Å². The summed E-state index contributed by atoms with van der Waals surface area (Å²) < 4.78 is 1.75. The number of nitrogens with zero attached hydrogens (tertiary/aromatic N) is 3. The highest BCUT2D eigenvalue weighted by Gasteiger charge is 2.10. The number of hydrogen-bond donors (Lipinski definition) is 0. The van der Waals surface area contributed by atoms with Crippen molar-refractivity contribution in [2.24, 2.45) is 7.05 Å². The molecule has 1 heterocycles. The Bertz CT molecular complexity index is 592. The molecular weight excluding hydrogens is 282 g/mol. The van der Waals surface area contributed by atoms with Gasteiger partial charge in [-0.05, 0) is 12.5 Å². The Labute approximate surface area is 130 Å². The molecule has 0 saturated carbocycles. The average molecular weight is 303 g/mol. The maximum atomic E-state index is 12.1. The number of hydrogen-bond acceptors (Lipinski definition) is 3. The molecule has 2 aromatic rings. The lowest BCUT2D eigenvalue weighted by molar-refractivity contribution is -0.127. The van der Waals surface area contributed by atoms with Gasteiger partial charge in [0.1, 0.15) is 0 Å². The van der Waals surface area contributed by atoms with Crippen molar-refractivity contribution in [3.05, 3.63) is 53.3 Å².